The fourth-order valence-corrected chi connectivity index (χ4v) is 1.78. The molecule has 4 nitrogen and oxygen atoms in total. The summed E-state index contributed by atoms with van der Waals surface area (Å²) in [6, 6.07) is 7.11. The van der Waals surface area contributed by atoms with E-state index in [1.54, 1.807) is 7.11 Å². The minimum Gasteiger partial charge on any atom is -0.497 e. The molecule has 18 heavy (non-hydrogen) atoms. The number of nitrogens with one attached hydrogen (secondary N) is 1. The van der Waals surface area contributed by atoms with Gasteiger partial charge in [0.2, 0.25) is 0 Å². The predicted octanol–water partition coefficient (Wildman–Crippen LogP) is 2.28. The van der Waals surface area contributed by atoms with Crippen LogP contribution in [0.3, 0.4) is 0 Å². The monoisotopic (exact) mass is 251 g/mol. The molecule has 0 aliphatic rings. The van der Waals surface area contributed by atoms with Crippen molar-refractivity contribution in [1.82, 2.24) is 5.32 Å². The maximum Gasteiger partial charge on any atom is 0.320 e. The third-order valence-electron chi connectivity index (χ3n) is 3.14. The average Bonchev–Trinajstić information content (AvgIpc) is 2.38. The first kappa shape index (κ1) is 14.5. The molecule has 0 aliphatic heterocycles. The van der Waals surface area contributed by atoms with Gasteiger partial charge in [0.15, 0.2) is 0 Å². The highest BCUT2D eigenvalue weighted by molar-refractivity contribution is 5.73. The molecule has 0 saturated carbocycles. The molecule has 0 radical (unpaired) electrons. The second kappa shape index (κ2) is 7.01. The smallest absolute Gasteiger partial charge is 0.320 e. The van der Waals surface area contributed by atoms with Gasteiger partial charge in [-0.2, -0.15) is 0 Å². The van der Waals surface area contributed by atoms with Crippen LogP contribution < -0.4 is 10.1 Å². The Labute approximate surface area is 108 Å². The van der Waals surface area contributed by atoms with Crippen LogP contribution in [-0.2, 0) is 11.3 Å². The minimum atomic E-state index is -0.799. The first-order valence-corrected chi connectivity index (χ1v) is 6.17. The van der Waals surface area contributed by atoms with Crippen LogP contribution in [0.5, 0.6) is 5.75 Å². The van der Waals surface area contributed by atoms with Crippen molar-refractivity contribution in [2.24, 2.45) is 5.92 Å². The molecule has 0 heterocycles. The normalized spacial score (nSPS) is 13.9. The Morgan fingerprint density at radius 2 is 2.22 bits per heavy atom. The third-order valence-corrected chi connectivity index (χ3v) is 3.14. The lowest BCUT2D eigenvalue weighted by Crippen LogP contribution is -2.41. The Morgan fingerprint density at radius 1 is 1.50 bits per heavy atom. The van der Waals surface area contributed by atoms with E-state index < -0.39 is 12.0 Å². The Balaban J connectivity index is 2.63. The summed E-state index contributed by atoms with van der Waals surface area (Å²) in [5.74, 6) is 0.0880. The number of carboxylic acids is 1. The lowest BCUT2D eigenvalue weighted by atomic mass is 9.99. The van der Waals surface area contributed by atoms with Gasteiger partial charge in [0.05, 0.1) is 7.11 Å². The van der Waals surface area contributed by atoms with Crippen LogP contribution in [0.2, 0.25) is 0 Å². The van der Waals surface area contributed by atoms with E-state index in [-0.39, 0.29) is 5.92 Å². The lowest BCUT2D eigenvalue weighted by Gasteiger charge is -2.20. The summed E-state index contributed by atoms with van der Waals surface area (Å²) in [4.78, 5) is 11.2. The van der Waals surface area contributed by atoms with Crippen LogP contribution >= 0.6 is 0 Å². The van der Waals surface area contributed by atoms with Crippen molar-refractivity contribution >= 4 is 5.97 Å². The molecule has 1 aromatic carbocycles. The molecule has 0 aliphatic carbocycles. The van der Waals surface area contributed by atoms with Gasteiger partial charge in [-0.25, -0.2) is 0 Å². The summed E-state index contributed by atoms with van der Waals surface area (Å²) in [6.45, 7) is 4.46. The second-order valence-corrected chi connectivity index (χ2v) is 4.43. The number of carboxylic acid groups (broad SMARTS) is 1. The number of hydrogen-bond acceptors (Lipinski definition) is 3. The van der Waals surface area contributed by atoms with E-state index in [4.69, 9.17) is 9.84 Å². The molecule has 1 aromatic rings. The number of rotatable bonds is 7. The Kier molecular flexibility index (Phi) is 5.65. The Bertz CT molecular complexity index is 392. The fourth-order valence-electron chi connectivity index (χ4n) is 1.78. The SMILES string of the molecule is CCC(C)C(NCc1cccc(OC)c1)C(=O)O. The summed E-state index contributed by atoms with van der Waals surface area (Å²) < 4.78 is 5.13. The number of hydrogen-bond donors (Lipinski definition) is 2. The van der Waals surface area contributed by atoms with Gasteiger partial charge in [-0.15, -0.1) is 0 Å². The minimum absolute atomic E-state index is 0.105. The highest BCUT2D eigenvalue weighted by Gasteiger charge is 2.22. The summed E-state index contributed by atoms with van der Waals surface area (Å²) in [7, 11) is 1.62. The Hall–Kier alpha value is -1.55. The zero-order chi connectivity index (χ0) is 13.5. The van der Waals surface area contributed by atoms with E-state index >= 15 is 0 Å². The molecule has 0 saturated heterocycles. The summed E-state index contributed by atoms with van der Waals surface area (Å²) in [5.41, 5.74) is 1.02. The molecule has 2 N–H and O–H groups in total. The number of benzene rings is 1. The largest absolute Gasteiger partial charge is 0.497 e. The van der Waals surface area contributed by atoms with Gasteiger partial charge in [0, 0.05) is 6.54 Å². The van der Waals surface area contributed by atoms with Gasteiger partial charge >= 0.3 is 5.97 Å². The molecule has 0 amide bonds. The number of carbonyl (C=O) groups is 1. The molecule has 4 heteroatoms. The van der Waals surface area contributed by atoms with E-state index in [2.05, 4.69) is 5.32 Å². The quantitative estimate of drug-likeness (QED) is 0.780. The van der Waals surface area contributed by atoms with Crippen LogP contribution in [0.4, 0.5) is 0 Å². The zero-order valence-electron chi connectivity index (χ0n) is 11.1. The van der Waals surface area contributed by atoms with Crippen molar-refractivity contribution in [3.63, 3.8) is 0 Å². The molecule has 0 spiro atoms. The zero-order valence-corrected chi connectivity index (χ0v) is 11.1. The summed E-state index contributed by atoms with van der Waals surface area (Å²) in [5, 5.41) is 12.2. The standard InChI is InChI=1S/C14H21NO3/c1-4-10(2)13(14(16)17)15-9-11-6-5-7-12(8-11)18-3/h5-8,10,13,15H,4,9H2,1-3H3,(H,16,17). The van der Waals surface area contributed by atoms with Crippen molar-refractivity contribution in [1.29, 1.82) is 0 Å². The first-order chi connectivity index (χ1) is 8.58. The summed E-state index contributed by atoms with van der Waals surface area (Å²) in [6.07, 6.45) is 0.835. The highest BCUT2D eigenvalue weighted by atomic mass is 16.5. The lowest BCUT2D eigenvalue weighted by molar-refractivity contribution is -0.140. The third kappa shape index (κ3) is 4.04. The van der Waals surface area contributed by atoms with Crippen molar-refractivity contribution in [2.75, 3.05) is 7.11 Å². The van der Waals surface area contributed by atoms with Crippen molar-refractivity contribution in [3.8, 4) is 5.75 Å². The van der Waals surface area contributed by atoms with Crippen molar-refractivity contribution in [2.45, 2.75) is 32.9 Å². The van der Waals surface area contributed by atoms with E-state index in [1.807, 2.05) is 38.1 Å². The molecule has 100 valence electrons. The maximum atomic E-state index is 11.2. The van der Waals surface area contributed by atoms with E-state index in [1.165, 1.54) is 0 Å². The van der Waals surface area contributed by atoms with E-state index in [0.717, 1.165) is 17.7 Å². The van der Waals surface area contributed by atoms with Crippen LogP contribution in [0, 0.1) is 5.92 Å². The molecule has 0 aromatic heterocycles. The molecule has 2 atom stereocenters. The summed E-state index contributed by atoms with van der Waals surface area (Å²) >= 11 is 0. The average molecular weight is 251 g/mol. The molecule has 0 fully saturated rings. The van der Waals surface area contributed by atoms with Gasteiger partial charge in [-0.05, 0) is 23.6 Å². The maximum absolute atomic E-state index is 11.2. The van der Waals surface area contributed by atoms with Gasteiger partial charge in [-0.3, -0.25) is 4.79 Å². The van der Waals surface area contributed by atoms with Crippen molar-refractivity contribution < 1.29 is 14.6 Å². The predicted molar refractivity (Wildman–Crippen MR) is 70.7 cm³/mol. The van der Waals surface area contributed by atoms with Crippen molar-refractivity contribution in [3.05, 3.63) is 29.8 Å². The molecule has 2 unspecified atom stereocenters. The first-order valence-electron chi connectivity index (χ1n) is 6.17. The van der Waals surface area contributed by atoms with Gasteiger partial charge in [0.1, 0.15) is 11.8 Å². The van der Waals surface area contributed by atoms with Crippen LogP contribution in [-0.4, -0.2) is 24.2 Å². The van der Waals surface area contributed by atoms with Crippen LogP contribution in [0.1, 0.15) is 25.8 Å². The van der Waals surface area contributed by atoms with E-state index in [0.29, 0.717) is 6.54 Å². The number of aliphatic carboxylic acids is 1. The topological polar surface area (TPSA) is 58.6 Å². The number of methoxy groups -OCH3 is 1. The molecule has 0 bridgehead atoms. The van der Waals surface area contributed by atoms with Gasteiger partial charge < -0.3 is 15.2 Å². The van der Waals surface area contributed by atoms with Gasteiger partial charge in [-0.1, -0.05) is 32.4 Å². The Morgan fingerprint density at radius 3 is 2.78 bits per heavy atom. The second-order valence-electron chi connectivity index (χ2n) is 4.43. The van der Waals surface area contributed by atoms with Gasteiger partial charge in [0.25, 0.3) is 0 Å². The van der Waals surface area contributed by atoms with E-state index in [9.17, 15) is 4.79 Å². The fraction of sp³-hybridized carbons (Fsp3) is 0.500. The molecular formula is C14H21NO3. The highest BCUT2D eigenvalue weighted by Crippen LogP contribution is 2.14. The number of ether oxygens (including phenoxy) is 1. The van der Waals surface area contributed by atoms with Crippen LogP contribution in [0.25, 0.3) is 0 Å². The van der Waals surface area contributed by atoms with Crippen LogP contribution in [0.15, 0.2) is 24.3 Å². The molecular weight excluding hydrogens is 230 g/mol. The molecule has 1 rings (SSSR count).